The zero-order valence-electron chi connectivity index (χ0n) is 18.6. The lowest BCUT2D eigenvalue weighted by molar-refractivity contribution is -0.143. The number of hydrogen-bond donors (Lipinski definition) is 1. The van der Waals surface area contributed by atoms with Gasteiger partial charge in [-0.25, -0.2) is 4.98 Å². The summed E-state index contributed by atoms with van der Waals surface area (Å²) in [5.74, 6) is -0.356. The quantitative estimate of drug-likeness (QED) is 0.540. The van der Waals surface area contributed by atoms with Gasteiger partial charge in [0.25, 0.3) is 0 Å². The van der Waals surface area contributed by atoms with Gasteiger partial charge in [-0.3, -0.25) is 14.3 Å². The van der Waals surface area contributed by atoms with Crippen LogP contribution in [0.4, 0.5) is 5.69 Å². The maximum atomic E-state index is 11.8. The molecule has 2 aromatic carbocycles. The average Bonchev–Trinajstić information content (AvgIpc) is 3.25. The van der Waals surface area contributed by atoms with Crippen LogP contribution in [0.15, 0.2) is 48.8 Å². The van der Waals surface area contributed by atoms with Crippen molar-refractivity contribution in [3.05, 3.63) is 54.4 Å². The maximum absolute atomic E-state index is 11.8. The summed E-state index contributed by atoms with van der Waals surface area (Å²) in [6.07, 6.45) is 2.11. The van der Waals surface area contributed by atoms with E-state index in [-0.39, 0.29) is 31.8 Å². The number of rotatable bonds is 8. The highest BCUT2D eigenvalue weighted by molar-refractivity contribution is 5.80. The van der Waals surface area contributed by atoms with Crippen molar-refractivity contribution in [2.45, 2.75) is 19.6 Å². The number of aromatic nitrogens is 2. The molecule has 0 amide bonds. The highest BCUT2D eigenvalue weighted by Gasteiger charge is 2.21. The fraction of sp³-hybridized carbons (Fsp3) is 0.417. The monoisotopic (exact) mass is 438 g/mol. The van der Waals surface area contributed by atoms with Crippen molar-refractivity contribution < 1.29 is 19.4 Å². The SMILES string of the molecule is COC(C)N1CCN(c2cccc(-n3cnc4cc(CC(=O)OCCO)ccc43)c2)CC1. The second-order valence-corrected chi connectivity index (χ2v) is 7.94. The molecule has 1 unspecified atom stereocenters. The number of esters is 1. The van der Waals surface area contributed by atoms with Crippen LogP contribution in [0.1, 0.15) is 12.5 Å². The molecule has 0 spiro atoms. The third-order valence-corrected chi connectivity index (χ3v) is 5.96. The number of piperazine rings is 1. The third-order valence-electron chi connectivity index (χ3n) is 5.96. The molecule has 1 aromatic heterocycles. The summed E-state index contributed by atoms with van der Waals surface area (Å²) >= 11 is 0. The van der Waals surface area contributed by atoms with Crippen LogP contribution in [0.25, 0.3) is 16.7 Å². The number of methoxy groups -OCH3 is 1. The Hall–Kier alpha value is -2.94. The van der Waals surface area contributed by atoms with E-state index in [1.54, 1.807) is 7.11 Å². The molecule has 0 radical (unpaired) electrons. The van der Waals surface area contributed by atoms with E-state index in [1.165, 1.54) is 5.69 Å². The molecule has 0 saturated carbocycles. The number of anilines is 1. The largest absolute Gasteiger partial charge is 0.463 e. The lowest BCUT2D eigenvalue weighted by Gasteiger charge is -2.38. The average molecular weight is 439 g/mol. The number of carbonyl (C=O) groups is 1. The Balaban J connectivity index is 1.49. The highest BCUT2D eigenvalue weighted by atomic mass is 16.5. The van der Waals surface area contributed by atoms with E-state index >= 15 is 0 Å². The number of hydrogen-bond acceptors (Lipinski definition) is 7. The Kier molecular flexibility index (Phi) is 7.04. The van der Waals surface area contributed by atoms with Crippen LogP contribution >= 0.6 is 0 Å². The number of carbonyl (C=O) groups excluding carboxylic acids is 1. The number of benzene rings is 2. The molecule has 32 heavy (non-hydrogen) atoms. The zero-order valence-corrected chi connectivity index (χ0v) is 18.6. The summed E-state index contributed by atoms with van der Waals surface area (Å²) in [7, 11) is 1.75. The zero-order chi connectivity index (χ0) is 22.5. The van der Waals surface area contributed by atoms with Gasteiger partial charge in [0.05, 0.1) is 24.1 Å². The smallest absolute Gasteiger partial charge is 0.310 e. The summed E-state index contributed by atoms with van der Waals surface area (Å²) in [6.45, 7) is 5.79. The predicted molar refractivity (Wildman–Crippen MR) is 123 cm³/mol. The summed E-state index contributed by atoms with van der Waals surface area (Å²) in [5.41, 5.74) is 4.88. The molecule has 1 saturated heterocycles. The van der Waals surface area contributed by atoms with Crippen LogP contribution in [0.5, 0.6) is 0 Å². The third kappa shape index (κ3) is 4.93. The Labute approximate surface area is 188 Å². The van der Waals surface area contributed by atoms with Gasteiger partial charge in [-0.1, -0.05) is 12.1 Å². The number of aliphatic hydroxyl groups is 1. The topological polar surface area (TPSA) is 80.1 Å². The van der Waals surface area contributed by atoms with E-state index in [2.05, 4.69) is 50.5 Å². The molecule has 1 fully saturated rings. The molecule has 4 rings (SSSR count). The lowest BCUT2D eigenvalue weighted by atomic mass is 10.1. The summed E-state index contributed by atoms with van der Waals surface area (Å²) < 4.78 is 12.5. The van der Waals surface area contributed by atoms with Gasteiger partial charge in [-0.05, 0) is 42.8 Å². The van der Waals surface area contributed by atoms with Gasteiger partial charge in [0, 0.05) is 44.7 Å². The van der Waals surface area contributed by atoms with Gasteiger partial charge in [0.2, 0.25) is 0 Å². The van der Waals surface area contributed by atoms with E-state index in [0.717, 1.165) is 48.5 Å². The van der Waals surface area contributed by atoms with Crippen molar-refractivity contribution in [1.82, 2.24) is 14.5 Å². The molecule has 1 aliphatic heterocycles. The van der Waals surface area contributed by atoms with Crippen molar-refractivity contribution in [3.63, 3.8) is 0 Å². The van der Waals surface area contributed by atoms with Gasteiger partial charge < -0.3 is 19.5 Å². The number of ether oxygens (including phenoxy) is 2. The van der Waals surface area contributed by atoms with Crippen LogP contribution in [0, 0.1) is 0 Å². The molecule has 3 aromatic rings. The Morgan fingerprint density at radius 2 is 1.91 bits per heavy atom. The fourth-order valence-electron chi connectivity index (χ4n) is 4.08. The van der Waals surface area contributed by atoms with Crippen LogP contribution in [0.2, 0.25) is 0 Å². The number of fused-ring (bicyclic) bond motifs is 1. The first kappa shape index (κ1) is 22.3. The maximum Gasteiger partial charge on any atom is 0.310 e. The molecule has 1 N–H and O–H groups in total. The molecular weight excluding hydrogens is 408 g/mol. The Morgan fingerprint density at radius 3 is 2.66 bits per heavy atom. The normalized spacial score (nSPS) is 15.8. The number of imidazole rings is 1. The van der Waals surface area contributed by atoms with Crippen LogP contribution in [0.3, 0.4) is 0 Å². The molecule has 0 bridgehead atoms. The van der Waals surface area contributed by atoms with E-state index in [1.807, 2.05) is 24.5 Å². The van der Waals surface area contributed by atoms with E-state index < -0.39 is 0 Å². The van der Waals surface area contributed by atoms with Crippen LogP contribution in [-0.2, 0) is 20.7 Å². The summed E-state index contributed by atoms with van der Waals surface area (Å²) in [4.78, 5) is 21.1. The lowest BCUT2D eigenvalue weighted by Crippen LogP contribution is -2.50. The summed E-state index contributed by atoms with van der Waals surface area (Å²) in [5, 5.41) is 8.78. The first-order valence-corrected chi connectivity index (χ1v) is 10.9. The van der Waals surface area contributed by atoms with Crippen LogP contribution < -0.4 is 4.90 Å². The summed E-state index contributed by atoms with van der Waals surface area (Å²) in [6, 6.07) is 14.3. The van der Waals surface area contributed by atoms with Crippen molar-refractivity contribution >= 4 is 22.7 Å². The molecule has 0 aliphatic carbocycles. The molecule has 8 heteroatoms. The van der Waals surface area contributed by atoms with Crippen molar-refractivity contribution in [3.8, 4) is 5.69 Å². The number of nitrogens with zero attached hydrogens (tertiary/aromatic N) is 4. The van der Waals surface area contributed by atoms with Gasteiger partial charge >= 0.3 is 5.97 Å². The van der Waals surface area contributed by atoms with Crippen molar-refractivity contribution in [1.29, 1.82) is 0 Å². The first-order valence-electron chi connectivity index (χ1n) is 10.9. The standard InChI is InChI=1S/C24H30N4O4/c1-18(31-2)26-8-10-27(11-9-26)20-4-3-5-21(16-20)28-17-25-22-14-19(6-7-23(22)28)15-24(30)32-13-12-29/h3-7,14,16-18,29H,8-13,15H2,1-2H3. The number of aliphatic hydroxyl groups excluding tert-OH is 1. The molecular formula is C24H30N4O4. The van der Waals surface area contributed by atoms with E-state index in [0.29, 0.717) is 0 Å². The predicted octanol–water partition coefficient (Wildman–Crippen LogP) is 2.22. The molecule has 1 aliphatic rings. The van der Waals surface area contributed by atoms with Gasteiger partial charge in [0.15, 0.2) is 0 Å². The Bertz CT molecular complexity index is 1060. The van der Waals surface area contributed by atoms with E-state index in [4.69, 9.17) is 14.6 Å². The Morgan fingerprint density at radius 1 is 1.12 bits per heavy atom. The molecule has 170 valence electrons. The second kappa shape index (κ2) is 10.1. The minimum absolute atomic E-state index is 0.0203. The molecule has 8 nitrogen and oxygen atoms in total. The van der Waals surface area contributed by atoms with Gasteiger partial charge in [-0.2, -0.15) is 0 Å². The molecule has 2 heterocycles. The minimum Gasteiger partial charge on any atom is -0.463 e. The van der Waals surface area contributed by atoms with Gasteiger partial charge in [0.1, 0.15) is 19.2 Å². The highest BCUT2D eigenvalue weighted by Crippen LogP contribution is 2.24. The van der Waals surface area contributed by atoms with Gasteiger partial charge in [-0.15, -0.1) is 0 Å². The molecule has 1 atom stereocenters. The van der Waals surface area contributed by atoms with Crippen LogP contribution in [-0.4, -0.2) is 78.3 Å². The van der Waals surface area contributed by atoms with E-state index in [9.17, 15) is 4.79 Å². The first-order chi connectivity index (χ1) is 15.6. The minimum atomic E-state index is -0.356. The fourth-order valence-corrected chi connectivity index (χ4v) is 4.08. The second-order valence-electron chi connectivity index (χ2n) is 7.94. The van der Waals surface area contributed by atoms with Crippen molar-refractivity contribution in [2.24, 2.45) is 0 Å². The van der Waals surface area contributed by atoms with Crippen molar-refractivity contribution in [2.75, 3.05) is 51.4 Å².